The summed E-state index contributed by atoms with van der Waals surface area (Å²) in [5.41, 5.74) is 0.794. The Kier molecular flexibility index (Phi) is 6.50. The number of nitrogens with one attached hydrogen (secondary N) is 1. The first-order chi connectivity index (χ1) is 11.7. The molecule has 1 aromatic rings. The number of hydrogen-bond acceptors (Lipinski definition) is 5. The summed E-state index contributed by atoms with van der Waals surface area (Å²) < 4.78 is 19.0. The average Bonchev–Trinajstić information content (AvgIpc) is 2.47. The molecule has 1 saturated heterocycles. The third-order valence-electron chi connectivity index (χ3n) is 3.83. The Labute approximate surface area is 147 Å². The van der Waals surface area contributed by atoms with Crippen molar-refractivity contribution in [1.82, 2.24) is 9.80 Å². The van der Waals surface area contributed by atoms with Crippen LogP contribution in [0.2, 0.25) is 0 Å². The maximum atomic E-state index is 13.6. The second kappa shape index (κ2) is 8.40. The Bertz CT molecular complexity index is 608. The molecule has 6 nitrogen and oxygen atoms in total. The van der Waals surface area contributed by atoms with Gasteiger partial charge in [-0.1, -0.05) is 0 Å². The van der Waals surface area contributed by atoms with Gasteiger partial charge in [-0.25, -0.2) is 4.39 Å². The van der Waals surface area contributed by atoms with Gasteiger partial charge in [0.2, 0.25) is 6.41 Å². The quantitative estimate of drug-likeness (QED) is 0.626. The third kappa shape index (κ3) is 6.80. The molecule has 1 heterocycles. The van der Waals surface area contributed by atoms with Crippen LogP contribution in [0.25, 0.3) is 0 Å². The Morgan fingerprint density at radius 3 is 2.44 bits per heavy atom. The summed E-state index contributed by atoms with van der Waals surface area (Å²) in [4.78, 5) is 26.7. The van der Waals surface area contributed by atoms with Gasteiger partial charge < -0.3 is 10.1 Å². The number of carbonyl (C=O) groups is 2. The van der Waals surface area contributed by atoms with E-state index in [4.69, 9.17) is 4.74 Å². The normalized spacial score (nSPS) is 16.5. The second-order valence-corrected chi connectivity index (χ2v) is 7.25. The SMILES string of the molecule is CC(C)(C)OC(=O)CN1CCN(Cc2cc(F)cc(NC=O)c2)CC1. The molecule has 0 radical (unpaired) electrons. The molecule has 1 amide bonds. The lowest BCUT2D eigenvalue weighted by molar-refractivity contribution is -0.156. The second-order valence-electron chi connectivity index (χ2n) is 7.25. The summed E-state index contributed by atoms with van der Waals surface area (Å²) in [7, 11) is 0. The molecule has 138 valence electrons. The lowest BCUT2D eigenvalue weighted by atomic mass is 10.1. The molecule has 1 aromatic carbocycles. The lowest BCUT2D eigenvalue weighted by Crippen LogP contribution is -2.48. The summed E-state index contributed by atoms with van der Waals surface area (Å²) in [5.74, 6) is -0.582. The van der Waals surface area contributed by atoms with Crippen molar-refractivity contribution in [3.05, 3.63) is 29.6 Å². The molecule has 0 spiro atoms. The van der Waals surface area contributed by atoms with Crippen molar-refractivity contribution in [2.75, 3.05) is 38.0 Å². The van der Waals surface area contributed by atoms with Gasteiger partial charge in [0.1, 0.15) is 11.4 Å². The maximum Gasteiger partial charge on any atom is 0.320 e. The maximum absolute atomic E-state index is 13.6. The number of piperazine rings is 1. The van der Waals surface area contributed by atoms with Crippen LogP contribution in [0.4, 0.5) is 10.1 Å². The number of hydrogen-bond donors (Lipinski definition) is 1. The van der Waals surface area contributed by atoms with Gasteiger partial charge in [-0.3, -0.25) is 19.4 Å². The van der Waals surface area contributed by atoms with Crippen LogP contribution < -0.4 is 5.32 Å². The van der Waals surface area contributed by atoms with Crippen molar-refractivity contribution < 1.29 is 18.7 Å². The highest BCUT2D eigenvalue weighted by atomic mass is 19.1. The summed E-state index contributed by atoms with van der Waals surface area (Å²) in [6.07, 6.45) is 0.536. The van der Waals surface area contributed by atoms with Crippen LogP contribution in [-0.4, -0.2) is 60.5 Å². The number of benzene rings is 1. The van der Waals surface area contributed by atoms with Gasteiger partial charge in [0, 0.05) is 38.4 Å². The van der Waals surface area contributed by atoms with Crippen LogP contribution in [0, 0.1) is 5.82 Å². The van der Waals surface area contributed by atoms with Crippen molar-refractivity contribution in [1.29, 1.82) is 0 Å². The standard InChI is InChI=1S/C18H26FN3O3/c1-18(2,3)25-17(24)12-22-6-4-21(5-7-22)11-14-8-15(19)10-16(9-14)20-13-23/h8-10,13H,4-7,11-12H2,1-3H3,(H,20,23). The molecule has 25 heavy (non-hydrogen) atoms. The molecule has 1 N–H and O–H groups in total. The zero-order valence-electron chi connectivity index (χ0n) is 15.0. The van der Waals surface area contributed by atoms with Crippen LogP contribution in [0.1, 0.15) is 26.3 Å². The fourth-order valence-electron chi connectivity index (χ4n) is 2.81. The van der Waals surface area contributed by atoms with Gasteiger partial charge in [0.25, 0.3) is 0 Å². The fraction of sp³-hybridized carbons (Fsp3) is 0.556. The van der Waals surface area contributed by atoms with Crippen LogP contribution in [-0.2, 0) is 20.9 Å². The number of rotatable bonds is 6. The summed E-state index contributed by atoms with van der Waals surface area (Å²) in [5, 5.41) is 2.47. The third-order valence-corrected chi connectivity index (χ3v) is 3.83. The first-order valence-corrected chi connectivity index (χ1v) is 8.41. The number of nitrogens with zero attached hydrogens (tertiary/aromatic N) is 2. The van der Waals surface area contributed by atoms with E-state index in [1.807, 2.05) is 20.8 Å². The van der Waals surface area contributed by atoms with Crippen molar-refractivity contribution >= 4 is 18.1 Å². The van der Waals surface area contributed by atoms with E-state index in [0.717, 1.165) is 31.7 Å². The summed E-state index contributed by atoms with van der Waals surface area (Å²) in [6.45, 7) is 9.55. The Morgan fingerprint density at radius 1 is 1.20 bits per heavy atom. The summed E-state index contributed by atoms with van der Waals surface area (Å²) in [6, 6.07) is 4.53. The molecule has 1 aliphatic rings. The number of amides is 1. The van der Waals surface area contributed by atoms with E-state index in [2.05, 4.69) is 15.1 Å². The Balaban J connectivity index is 1.82. The van der Waals surface area contributed by atoms with E-state index >= 15 is 0 Å². The molecule has 0 saturated carbocycles. The van der Waals surface area contributed by atoms with Gasteiger partial charge in [-0.15, -0.1) is 0 Å². The smallest absolute Gasteiger partial charge is 0.320 e. The average molecular weight is 351 g/mol. The molecular weight excluding hydrogens is 325 g/mol. The van der Waals surface area contributed by atoms with Crippen molar-refractivity contribution in [2.45, 2.75) is 32.9 Å². The minimum absolute atomic E-state index is 0.212. The number of ether oxygens (including phenoxy) is 1. The molecule has 0 atom stereocenters. The largest absolute Gasteiger partial charge is 0.459 e. The zero-order valence-corrected chi connectivity index (χ0v) is 15.0. The fourth-order valence-corrected chi connectivity index (χ4v) is 2.81. The van der Waals surface area contributed by atoms with Crippen molar-refractivity contribution in [2.24, 2.45) is 0 Å². The van der Waals surface area contributed by atoms with Crippen LogP contribution in [0.3, 0.4) is 0 Å². The predicted molar refractivity (Wildman–Crippen MR) is 93.6 cm³/mol. The molecular formula is C18H26FN3O3. The topological polar surface area (TPSA) is 61.9 Å². The number of esters is 1. The van der Waals surface area contributed by atoms with Crippen molar-refractivity contribution in [3.8, 4) is 0 Å². The monoisotopic (exact) mass is 351 g/mol. The molecule has 2 rings (SSSR count). The lowest BCUT2D eigenvalue weighted by Gasteiger charge is -2.34. The molecule has 7 heteroatoms. The Morgan fingerprint density at radius 2 is 1.84 bits per heavy atom. The van der Waals surface area contributed by atoms with E-state index in [-0.39, 0.29) is 11.8 Å². The van der Waals surface area contributed by atoms with E-state index in [1.54, 1.807) is 6.07 Å². The van der Waals surface area contributed by atoms with Gasteiger partial charge in [0.15, 0.2) is 0 Å². The number of anilines is 1. The highest BCUT2D eigenvalue weighted by Gasteiger charge is 2.22. The van der Waals surface area contributed by atoms with E-state index in [1.165, 1.54) is 12.1 Å². The summed E-state index contributed by atoms with van der Waals surface area (Å²) >= 11 is 0. The molecule has 0 aliphatic carbocycles. The van der Waals surface area contributed by atoms with E-state index in [0.29, 0.717) is 25.2 Å². The first kappa shape index (κ1) is 19.3. The van der Waals surface area contributed by atoms with E-state index < -0.39 is 5.60 Å². The number of halogens is 1. The predicted octanol–water partition coefficient (Wildman–Crippen LogP) is 1.85. The molecule has 0 unspecified atom stereocenters. The van der Waals surface area contributed by atoms with Gasteiger partial charge >= 0.3 is 5.97 Å². The molecule has 1 aliphatic heterocycles. The van der Waals surface area contributed by atoms with Gasteiger partial charge in [-0.05, 0) is 44.5 Å². The minimum atomic E-state index is -0.469. The van der Waals surface area contributed by atoms with Crippen LogP contribution in [0.15, 0.2) is 18.2 Å². The van der Waals surface area contributed by atoms with Crippen LogP contribution >= 0.6 is 0 Å². The molecule has 0 bridgehead atoms. The van der Waals surface area contributed by atoms with Crippen molar-refractivity contribution in [3.63, 3.8) is 0 Å². The van der Waals surface area contributed by atoms with Gasteiger partial charge in [0.05, 0.1) is 6.54 Å². The minimum Gasteiger partial charge on any atom is -0.459 e. The number of carbonyl (C=O) groups excluding carboxylic acids is 2. The zero-order chi connectivity index (χ0) is 18.4. The Hall–Kier alpha value is -1.99. The highest BCUT2D eigenvalue weighted by Crippen LogP contribution is 2.16. The molecule has 1 fully saturated rings. The van der Waals surface area contributed by atoms with E-state index in [9.17, 15) is 14.0 Å². The first-order valence-electron chi connectivity index (χ1n) is 8.41. The molecule has 0 aromatic heterocycles. The highest BCUT2D eigenvalue weighted by molar-refractivity contribution is 5.72. The van der Waals surface area contributed by atoms with Gasteiger partial charge in [-0.2, -0.15) is 0 Å². The van der Waals surface area contributed by atoms with Crippen LogP contribution in [0.5, 0.6) is 0 Å².